The fraction of sp³-hybridized carbons (Fsp3) is 0.273. The fourth-order valence-electron chi connectivity index (χ4n) is 1.35. The Bertz CT molecular complexity index is 432. The Morgan fingerprint density at radius 1 is 1.44 bits per heavy atom. The number of likely N-dealkylation sites (N-methyl/N-ethyl adjacent to an activating group) is 1. The Morgan fingerprint density at radius 3 is 2.62 bits per heavy atom. The van der Waals surface area contributed by atoms with Crippen molar-refractivity contribution in [2.45, 2.75) is 6.92 Å². The van der Waals surface area contributed by atoms with Crippen LogP contribution in [0.1, 0.15) is 15.9 Å². The molecule has 0 aliphatic rings. The number of hydrogen-bond donors (Lipinski definition) is 1. The summed E-state index contributed by atoms with van der Waals surface area (Å²) < 4.78 is 0.867. The lowest BCUT2D eigenvalue weighted by atomic mass is 10.1. The molecular formula is C11H13BrN2O2. The van der Waals surface area contributed by atoms with E-state index in [1.54, 1.807) is 19.2 Å². The second-order valence-electron chi connectivity index (χ2n) is 3.54. The lowest BCUT2D eigenvalue weighted by molar-refractivity contribution is -0.118. The molecule has 0 heterocycles. The molecule has 86 valence electrons. The molecule has 4 nitrogen and oxygen atoms in total. The summed E-state index contributed by atoms with van der Waals surface area (Å²) in [6, 6.07) is 5.36. The van der Waals surface area contributed by atoms with Crippen molar-refractivity contribution in [2.75, 3.05) is 13.6 Å². The van der Waals surface area contributed by atoms with Gasteiger partial charge in [0, 0.05) is 17.1 Å². The lowest BCUT2D eigenvalue weighted by Crippen LogP contribution is -2.35. The maximum Gasteiger partial charge on any atom is 0.254 e. The molecule has 16 heavy (non-hydrogen) atoms. The van der Waals surface area contributed by atoms with Crippen LogP contribution in [0.2, 0.25) is 0 Å². The number of carbonyl (C=O) groups excluding carboxylic acids is 2. The van der Waals surface area contributed by atoms with Crippen LogP contribution >= 0.6 is 15.9 Å². The van der Waals surface area contributed by atoms with E-state index in [2.05, 4.69) is 15.9 Å². The van der Waals surface area contributed by atoms with E-state index < -0.39 is 5.91 Å². The largest absolute Gasteiger partial charge is 0.368 e. The maximum atomic E-state index is 12.0. The van der Waals surface area contributed by atoms with Gasteiger partial charge in [0.05, 0.1) is 6.54 Å². The van der Waals surface area contributed by atoms with Gasteiger partial charge in [-0.1, -0.05) is 22.0 Å². The normalized spacial score (nSPS) is 9.94. The number of rotatable bonds is 3. The number of nitrogens with zero attached hydrogens (tertiary/aromatic N) is 1. The molecule has 0 saturated carbocycles. The van der Waals surface area contributed by atoms with Crippen LogP contribution in [0, 0.1) is 6.92 Å². The molecule has 0 aliphatic heterocycles. The Kier molecular flexibility index (Phi) is 4.06. The van der Waals surface area contributed by atoms with E-state index >= 15 is 0 Å². The van der Waals surface area contributed by atoms with E-state index in [4.69, 9.17) is 5.73 Å². The summed E-state index contributed by atoms with van der Waals surface area (Å²) in [6.07, 6.45) is 0. The van der Waals surface area contributed by atoms with Gasteiger partial charge in [0.15, 0.2) is 0 Å². The molecule has 1 aromatic rings. The standard InChI is InChI=1S/C11H13BrN2O2/c1-7-8(4-3-5-9(7)12)11(16)14(2)6-10(13)15/h3-5H,6H2,1-2H3,(H2,13,15). The van der Waals surface area contributed by atoms with Crippen molar-refractivity contribution < 1.29 is 9.59 Å². The molecule has 5 heteroatoms. The summed E-state index contributed by atoms with van der Waals surface area (Å²) in [7, 11) is 1.55. The number of carbonyl (C=O) groups is 2. The Hall–Kier alpha value is -1.36. The third-order valence-corrected chi connectivity index (χ3v) is 3.10. The average molecular weight is 285 g/mol. The predicted molar refractivity (Wildman–Crippen MR) is 65.0 cm³/mol. The molecule has 0 aliphatic carbocycles. The Balaban J connectivity index is 2.96. The van der Waals surface area contributed by atoms with Gasteiger partial charge in [-0.15, -0.1) is 0 Å². The zero-order valence-corrected chi connectivity index (χ0v) is 10.7. The number of primary amides is 1. The molecule has 0 bridgehead atoms. The smallest absolute Gasteiger partial charge is 0.254 e. The van der Waals surface area contributed by atoms with E-state index in [1.165, 1.54) is 4.90 Å². The number of amides is 2. The van der Waals surface area contributed by atoms with Gasteiger partial charge < -0.3 is 10.6 Å². The third-order valence-electron chi connectivity index (χ3n) is 2.24. The minimum absolute atomic E-state index is 0.0786. The van der Waals surface area contributed by atoms with Crippen molar-refractivity contribution in [3.63, 3.8) is 0 Å². The van der Waals surface area contributed by atoms with E-state index in [-0.39, 0.29) is 12.5 Å². The van der Waals surface area contributed by atoms with Gasteiger partial charge in [-0.25, -0.2) is 0 Å². The molecule has 0 aromatic heterocycles. The lowest BCUT2D eigenvalue weighted by Gasteiger charge is -2.16. The second kappa shape index (κ2) is 5.12. The highest BCUT2D eigenvalue weighted by Gasteiger charge is 2.16. The molecule has 2 N–H and O–H groups in total. The quantitative estimate of drug-likeness (QED) is 0.910. The maximum absolute atomic E-state index is 12.0. The van der Waals surface area contributed by atoms with E-state index in [1.807, 2.05) is 13.0 Å². The van der Waals surface area contributed by atoms with Crippen molar-refractivity contribution in [3.05, 3.63) is 33.8 Å². The fourth-order valence-corrected chi connectivity index (χ4v) is 1.72. The minimum Gasteiger partial charge on any atom is -0.368 e. The van der Waals surface area contributed by atoms with Gasteiger partial charge in [0.1, 0.15) is 0 Å². The molecule has 0 unspecified atom stereocenters. The molecular weight excluding hydrogens is 272 g/mol. The summed E-state index contributed by atoms with van der Waals surface area (Å²) >= 11 is 3.35. The minimum atomic E-state index is -0.525. The van der Waals surface area contributed by atoms with Crippen LogP contribution < -0.4 is 5.73 Å². The predicted octanol–water partition coefficient (Wildman–Crippen LogP) is 1.31. The molecule has 1 rings (SSSR count). The van der Waals surface area contributed by atoms with Crippen LogP contribution in [0.4, 0.5) is 0 Å². The van der Waals surface area contributed by atoms with Crippen LogP contribution in [0.15, 0.2) is 22.7 Å². The molecule has 0 saturated heterocycles. The second-order valence-corrected chi connectivity index (χ2v) is 4.39. The Morgan fingerprint density at radius 2 is 2.06 bits per heavy atom. The van der Waals surface area contributed by atoms with E-state index in [0.29, 0.717) is 5.56 Å². The van der Waals surface area contributed by atoms with Crippen molar-refractivity contribution in [1.82, 2.24) is 4.90 Å². The van der Waals surface area contributed by atoms with Crippen molar-refractivity contribution in [1.29, 1.82) is 0 Å². The van der Waals surface area contributed by atoms with E-state index in [9.17, 15) is 9.59 Å². The van der Waals surface area contributed by atoms with Crippen molar-refractivity contribution >= 4 is 27.7 Å². The SMILES string of the molecule is Cc1c(Br)cccc1C(=O)N(C)CC(N)=O. The highest BCUT2D eigenvalue weighted by Crippen LogP contribution is 2.20. The molecule has 0 spiro atoms. The molecule has 1 aromatic carbocycles. The molecule has 0 fully saturated rings. The first-order chi connectivity index (χ1) is 7.43. The van der Waals surface area contributed by atoms with Gasteiger partial charge in [-0.05, 0) is 24.6 Å². The van der Waals surface area contributed by atoms with Crippen molar-refractivity contribution in [3.8, 4) is 0 Å². The van der Waals surface area contributed by atoms with Crippen LogP contribution in [0.25, 0.3) is 0 Å². The zero-order valence-electron chi connectivity index (χ0n) is 9.16. The summed E-state index contributed by atoms with van der Waals surface area (Å²) in [5, 5.41) is 0. The van der Waals surface area contributed by atoms with Crippen LogP contribution in [0.3, 0.4) is 0 Å². The number of halogens is 1. The van der Waals surface area contributed by atoms with Gasteiger partial charge in [0.2, 0.25) is 5.91 Å². The average Bonchev–Trinajstić information content (AvgIpc) is 2.20. The molecule has 0 atom stereocenters. The number of hydrogen-bond acceptors (Lipinski definition) is 2. The van der Waals surface area contributed by atoms with Crippen LogP contribution in [0.5, 0.6) is 0 Å². The highest BCUT2D eigenvalue weighted by atomic mass is 79.9. The highest BCUT2D eigenvalue weighted by molar-refractivity contribution is 9.10. The van der Waals surface area contributed by atoms with Gasteiger partial charge >= 0.3 is 0 Å². The number of benzene rings is 1. The van der Waals surface area contributed by atoms with Gasteiger partial charge in [-0.3, -0.25) is 9.59 Å². The first-order valence-electron chi connectivity index (χ1n) is 4.72. The summed E-state index contributed by atoms with van der Waals surface area (Å²) in [5.41, 5.74) is 6.45. The van der Waals surface area contributed by atoms with Gasteiger partial charge in [0.25, 0.3) is 5.91 Å². The molecule has 2 amide bonds. The Labute approximate surface area is 103 Å². The number of nitrogens with two attached hydrogens (primary N) is 1. The third kappa shape index (κ3) is 2.82. The topological polar surface area (TPSA) is 63.4 Å². The van der Waals surface area contributed by atoms with Crippen LogP contribution in [-0.2, 0) is 4.79 Å². The zero-order chi connectivity index (χ0) is 12.3. The summed E-state index contributed by atoms with van der Waals surface area (Å²) in [4.78, 5) is 24.0. The van der Waals surface area contributed by atoms with Crippen LogP contribution in [-0.4, -0.2) is 30.3 Å². The first kappa shape index (κ1) is 12.7. The van der Waals surface area contributed by atoms with Crippen molar-refractivity contribution in [2.24, 2.45) is 5.73 Å². The van der Waals surface area contributed by atoms with Gasteiger partial charge in [-0.2, -0.15) is 0 Å². The molecule has 0 radical (unpaired) electrons. The monoisotopic (exact) mass is 284 g/mol. The first-order valence-corrected chi connectivity index (χ1v) is 5.51. The summed E-state index contributed by atoms with van der Waals surface area (Å²) in [5.74, 6) is -0.735. The summed E-state index contributed by atoms with van der Waals surface area (Å²) in [6.45, 7) is 1.76. The van der Waals surface area contributed by atoms with E-state index in [0.717, 1.165) is 10.0 Å².